The number of hydrogen-bond acceptors (Lipinski definition) is 3. The Kier molecular flexibility index (Phi) is 4.30. The number of aromatic hydroxyl groups is 1. The molecule has 2 N–H and O–H groups in total. The minimum Gasteiger partial charge on any atom is -0.508 e. The van der Waals surface area contributed by atoms with Crippen molar-refractivity contribution >= 4 is 11.6 Å². The molecule has 100 valence electrons. The van der Waals surface area contributed by atoms with Gasteiger partial charge in [-0.05, 0) is 42.8 Å². The van der Waals surface area contributed by atoms with Crippen molar-refractivity contribution in [2.45, 2.75) is 19.6 Å². The summed E-state index contributed by atoms with van der Waals surface area (Å²) in [5, 5.41) is 19.5. The number of ether oxygens (including phenoxy) is 1. The number of aliphatic hydroxyl groups is 1. The smallest absolute Gasteiger partial charge is 0.125 e. The zero-order valence-electron chi connectivity index (χ0n) is 10.5. The van der Waals surface area contributed by atoms with Crippen LogP contribution in [-0.2, 0) is 6.61 Å². The maximum Gasteiger partial charge on any atom is 0.125 e. The van der Waals surface area contributed by atoms with E-state index in [9.17, 15) is 10.2 Å². The number of rotatable bonds is 4. The van der Waals surface area contributed by atoms with Crippen LogP contribution in [0.3, 0.4) is 0 Å². The summed E-state index contributed by atoms with van der Waals surface area (Å²) in [5.41, 5.74) is 1.59. The first kappa shape index (κ1) is 13.7. The Bertz CT molecular complexity index is 550. The Labute approximate surface area is 117 Å². The van der Waals surface area contributed by atoms with Gasteiger partial charge < -0.3 is 14.9 Å². The summed E-state index contributed by atoms with van der Waals surface area (Å²) in [5.74, 6) is 0.826. The van der Waals surface area contributed by atoms with E-state index in [4.69, 9.17) is 16.3 Å². The standard InChI is InChI=1S/C15H15ClO3/c1-10(17)14-8-12(16)4-7-15(14)19-9-11-2-5-13(18)6-3-11/h2-8,10,17-18H,9H2,1H3/t10-/m1/s1. The van der Waals surface area contributed by atoms with Crippen LogP contribution >= 0.6 is 11.6 Å². The molecule has 2 aromatic carbocycles. The molecule has 1 atom stereocenters. The largest absolute Gasteiger partial charge is 0.508 e. The van der Waals surface area contributed by atoms with Crippen LogP contribution < -0.4 is 4.74 Å². The molecule has 0 radical (unpaired) electrons. The second-order valence-corrected chi connectivity index (χ2v) is 4.75. The molecule has 0 spiro atoms. The van der Waals surface area contributed by atoms with Crippen molar-refractivity contribution in [1.29, 1.82) is 0 Å². The molecule has 0 aliphatic carbocycles. The number of phenols is 1. The highest BCUT2D eigenvalue weighted by molar-refractivity contribution is 6.30. The second-order valence-electron chi connectivity index (χ2n) is 4.31. The highest BCUT2D eigenvalue weighted by Gasteiger charge is 2.10. The number of aliphatic hydroxyl groups excluding tert-OH is 1. The first-order valence-corrected chi connectivity index (χ1v) is 6.32. The molecule has 0 bridgehead atoms. The van der Waals surface area contributed by atoms with Crippen LogP contribution in [0, 0.1) is 0 Å². The molecule has 3 nitrogen and oxygen atoms in total. The molecule has 0 fully saturated rings. The summed E-state index contributed by atoms with van der Waals surface area (Å²) in [6, 6.07) is 11.9. The number of halogens is 1. The molecule has 2 rings (SSSR count). The van der Waals surface area contributed by atoms with Gasteiger partial charge in [-0.3, -0.25) is 0 Å². The molecule has 0 saturated heterocycles. The fourth-order valence-corrected chi connectivity index (χ4v) is 1.91. The summed E-state index contributed by atoms with van der Waals surface area (Å²) < 4.78 is 5.68. The van der Waals surface area contributed by atoms with Gasteiger partial charge in [-0.2, -0.15) is 0 Å². The van der Waals surface area contributed by atoms with Crippen molar-refractivity contribution in [2.75, 3.05) is 0 Å². The predicted octanol–water partition coefficient (Wildman–Crippen LogP) is 3.68. The maximum absolute atomic E-state index is 9.69. The van der Waals surface area contributed by atoms with Crippen LogP contribution in [0.4, 0.5) is 0 Å². The third kappa shape index (κ3) is 3.63. The monoisotopic (exact) mass is 278 g/mol. The van der Waals surface area contributed by atoms with E-state index in [1.54, 1.807) is 49.4 Å². The lowest BCUT2D eigenvalue weighted by atomic mass is 10.1. The van der Waals surface area contributed by atoms with Crippen LogP contribution in [0.15, 0.2) is 42.5 Å². The fraction of sp³-hybridized carbons (Fsp3) is 0.200. The molecule has 0 aliphatic heterocycles. The van der Waals surface area contributed by atoms with Gasteiger partial charge in [0.2, 0.25) is 0 Å². The molecule has 0 aromatic heterocycles. The van der Waals surface area contributed by atoms with Crippen molar-refractivity contribution in [1.82, 2.24) is 0 Å². The van der Waals surface area contributed by atoms with E-state index in [1.807, 2.05) is 0 Å². The molecule has 0 saturated carbocycles. The highest BCUT2D eigenvalue weighted by atomic mass is 35.5. The van der Waals surface area contributed by atoms with Gasteiger partial charge in [0, 0.05) is 10.6 Å². The average Bonchev–Trinajstić information content (AvgIpc) is 2.39. The summed E-state index contributed by atoms with van der Waals surface area (Å²) >= 11 is 5.90. The van der Waals surface area contributed by atoms with Crippen molar-refractivity contribution in [2.24, 2.45) is 0 Å². The molecular formula is C15H15ClO3. The van der Waals surface area contributed by atoms with E-state index in [0.717, 1.165) is 5.56 Å². The molecule has 0 aliphatic rings. The van der Waals surface area contributed by atoms with Crippen LogP contribution in [-0.4, -0.2) is 10.2 Å². The average molecular weight is 279 g/mol. The van der Waals surface area contributed by atoms with Crippen LogP contribution in [0.25, 0.3) is 0 Å². The summed E-state index contributed by atoms with van der Waals surface area (Å²) in [6.07, 6.45) is -0.645. The Morgan fingerprint density at radius 1 is 1.16 bits per heavy atom. The lowest BCUT2D eigenvalue weighted by molar-refractivity contribution is 0.190. The van der Waals surface area contributed by atoms with Gasteiger partial charge in [-0.1, -0.05) is 23.7 Å². The predicted molar refractivity (Wildman–Crippen MR) is 74.5 cm³/mol. The van der Waals surface area contributed by atoms with Gasteiger partial charge in [0.05, 0.1) is 6.10 Å². The van der Waals surface area contributed by atoms with Crippen LogP contribution in [0.5, 0.6) is 11.5 Å². The maximum atomic E-state index is 9.69. The molecular weight excluding hydrogens is 264 g/mol. The number of hydrogen-bond donors (Lipinski definition) is 2. The Morgan fingerprint density at radius 2 is 1.84 bits per heavy atom. The van der Waals surface area contributed by atoms with Crippen LogP contribution in [0.2, 0.25) is 5.02 Å². The van der Waals surface area contributed by atoms with Crippen molar-refractivity contribution in [3.05, 3.63) is 58.6 Å². The lowest BCUT2D eigenvalue weighted by Crippen LogP contribution is -2.00. The molecule has 0 amide bonds. The summed E-state index contributed by atoms with van der Waals surface area (Å²) in [7, 11) is 0. The minimum atomic E-state index is -0.645. The third-order valence-corrected chi connectivity index (χ3v) is 2.99. The second kappa shape index (κ2) is 5.95. The zero-order valence-corrected chi connectivity index (χ0v) is 11.3. The van der Waals surface area contributed by atoms with Crippen molar-refractivity contribution in [3.63, 3.8) is 0 Å². The summed E-state index contributed by atoms with van der Waals surface area (Å²) in [6.45, 7) is 2.03. The van der Waals surface area contributed by atoms with Crippen molar-refractivity contribution < 1.29 is 14.9 Å². The molecule has 0 unspecified atom stereocenters. The topological polar surface area (TPSA) is 49.7 Å². The van der Waals surface area contributed by atoms with Gasteiger partial charge in [-0.15, -0.1) is 0 Å². The zero-order chi connectivity index (χ0) is 13.8. The minimum absolute atomic E-state index is 0.222. The van der Waals surface area contributed by atoms with Crippen molar-refractivity contribution in [3.8, 4) is 11.5 Å². The Hall–Kier alpha value is -1.71. The Morgan fingerprint density at radius 3 is 2.47 bits per heavy atom. The van der Waals surface area contributed by atoms with Crippen LogP contribution in [0.1, 0.15) is 24.2 Å². The quantitative estimate of drug-likeness (QED) is 0.897. The highest BCUT2D eigenvalue weighted by Crippen LogP contribution is 2.29. The molecule has 4 heteroatoms. The van der Waals surface area contributed by atoms with E-state index in [1.165, 1.54) is 0 Å². The van der Waals surface area contributed by atoms with E-state index in [-0.39, 0.29) is 5.75 Å². The van der Waals surface area contributed by atoms with Gasteiger partial charge in [-0.25, -0.2) is 0 Å². The van der Waals surface area contributed by atoms with Gasteiger partial charge in [0.25, 0.3) is 0 Å². The molecule has 19 heavy (non-hydrogen) atoms. The summed E-state index contributed by atoms with van der Waals surface area (Å²) in [4.78, 5) is 0. The van der Waals surface area contributed by atoms with E-state index >= 15 is 0 Å². The van der Waals surface area contributed by atoms with E-state index in [0.29, 0.717) is 22.9 Å². The number of benzene rings is 2. The lowest BCUT2D eigenvalue weighted by Gasteiger charge is -2.14. The first-order valence-electron chi connectivity index (χ1n) is 5.94. The Balaban J connectivity index is 2.13. The molecule has 2 aromatic rings. The first-order chi connectivity index (χ1) is 9.06. The van der Waals surface area contributed by atoms with Gasteiger partial charge >= 0.3 is 0 Å². The fourth-order valence-electron chi connectivity index (χ4n) is 1.73. The van der Waals surface area contributed by atoms with E-state index < -0.39 is 6.10 Å². The van der Waals surface area contributed by atoms with Gasteiger partial charge in [0.1, 0.15) is 18.1 Å². The van der Waals surface area contributed by atoms with E-state index in [2.05, 4.69) is 0 Å². The van der Waals surface area contributed by atoms with Gasteiger partial charge in [0.15, 0.2) is 0 Å². The number of phenolic OH excluding ortho intramolecular Hbond substituents is 1. The normalized spacial score (nSPS) is 12.2. The molecule has 0 heterocycles. The third-order valence-electron chi connectivity index (χ3n) is 2.75. The SMILES string of the molecule is C[C@@H](O)c1cc(Cl)ccc1OCc1ccc(O)cc1.